The molecule has 6 nitrogen and oxygen atoms in total. The second kappa shape index (κ2) is 7.54. The molecule has 1 saturated heterocycles. The van der Waals surface area contributed by atoms with Gasteiger partial charge in [0.25, 0.3) is 12.3 Å². The minimum Gasteiger partial charge on any atom is -0.406 e. The number of carbonyl (C=O) groups excluding carboxylic acids is 1. The van der Waals surface area contributed by atoms with E-state index in [1.165, 1.54) is 46.1 Å². The van der Waals surface area contributed by atoms with Crippen molar-refractivity contribution in [3.05, 3.63) is 59.8 Å². The number of amides is 1. The van der Waals surface area contributed by atoms with Gasteiger partial charge >= 0.3 is 6.36 Å². The lowest BCUT2D eigenvalue weighted by Gasteiger charge is -2.39. The van der Waals surface area contributed by atoms with E-state index in [-0.39, 0.29) is 23.0 Å². The third-order valence-electron chi connectivity index (χ3n) is 4.77. The van der Waals surface area contributed by atoms with Crippen molar-refractivity contribution >= 4 is 11.6 Å². The first kappa shape index (κ1) is 20.0. The molecule has 1 aromatic carbocycles. The van der Waals surface area contributed by atoms with E-state index in [4.69, 9.17) is 0 Å². The smallest absolute Gasteiger partial charge is 0.406 e. The molecule has 0 radical (unpaired) electrons. The van der Waals surface area contributed by atoms with Crippen LogP contribution in [0.4, 0.5) is 22.0 Å². The molecular weight excluding hydrogens is 411 g/mol. The van der Waals surface area contributed by atoms with E-state index in [2.05, 4.69) is 14.7 Å². The third kappa shape index (κ3) is 4.05. The zero-order chi connectivity index (χ0) is 21.5. The number of hydrogen-bond donors (Lipinski definition) is 0. The second-order valence-corrected chi connectivity index (χ2v) is 6.93. The lowest BCUT2D eigenvalue weighted by Crippen LogP contribution is -2.51. The van der Waals surface area contributed by atoms with Gasteiger partial charge in [-0.1, -0.05) is 12.1 Å². The summed E-state index contributed by atoms with van der Waals surface area (Å²) in [6, 6.07) is 5.63. The lowest BCUT2D eigenvalue weighted by molar-refractivity contribution is -0.274. The predicted molar refractivity (Wildman–Crippen MR) is 94.2 cm³/mol. The molecule has 30 heavy (non-hydrogen) atoms. The summed E-state index contributed by atoms with van der Waals surface area (Å²) in [5, 5.41) is 0. The minimum atomic E-state index is -4.77. The Morgan fingerprint density at radius 2 is 2.03 bits per heavy atom. The summed E-state index contributed by atoms with van der Waals surface area (Å²) in [4.78, 5) is 21.8. The van der Waals surface area contributed by atoms with Crippen molar-refractivity contribution in [3.63, 3.8) is 0 Å². The van der Waals surface area contributed by atoms with Crippen LogP contribution < -0.4 is 4.74 Å². The highest BCUT2D eigenvalue weighted by Gasteiger charge is 2.36. The van der Waals surface area contributed by atoms with Crippen molar-refractivity contribution in [3.8, 4) is 5.75 Å². The first-order valence-corrected chi connectivity index (χ1v) is 8.95. The number of likely N-dealkylation sites (tertiary alicyclic amines) is 1. The van der Waals surface area contributed by atoms with E-state index in [1.54, 1.807) is 6.07 Å². The largest absolute Gasteiger partial charge is 0.573 e. The topological polar surface area (TPSA) is 59.7 Å². The molecule has 11 heteroatoms. The SMILES string of the molecule is O=C(c1c(C(F)F)nc2cnccn12)N1CC(Cc2cccc(OC(F)(F)F)c2)C1. The number of rotatable bonds is 5. The van der Waals surface area contributed by atoms with Crippen LogP contribution in [0.2, 0.25) is 0 Å². The highest BCUT2D eigenvalue weighted by atomic mass is 19.4. The van der Waals surface area contributed by atoms with Crippen LogP contribution in [-0.2, 0) is 6.42 Å². The highest BCUT2D eigenvalue weighted by molar-refractivity contribution is 5.95. The number of fused-ring (bicyclic) bond motifs is 1. The average molecular weight is 426 g/mol. The molecule has 0 bridgehead atoms. The molecule has 3 aromatic rings. The molecule has 3 heterocycles. The van der Waals surface area contributed by atoms with Gasteiger partial charge in [-0.3, -0.25) is 14.2 Å². The second-order valence-electron chi connectivity index (χ2n) is 6.93. The highest BCUT2D eigenvalue weighted by Crippen LogP contribution is 2.29. The van der Waals surface area contributed by atoms with Crippen LogP contribution in [0, 0.1) is 5.92 Å². The normalized spacial score (nSPS) is 14.9. The van der Waals surface area contributed by atoms with Gasteiger partial charge < -0.3 is 9.64 Å². The molecule has 1 amide bonds. The Kier molecular flexibility index (Phi) is 5.04. The van der Waals surface area contributed by atoms with Crippen molar-refractivity contribution in [1.29, 1.82) is 0 Å². The molecule has 0 saturated carbocycles. The fraction of sp³-hybridized carbons (Fsp3) is 0.316. The molecule has 158 valence electrons. The summed E-state index contributed by atoms with van der Waals surface area (Å²) in [6.07, 6.45) is -3.21. The van der Waals surface area contributed by atoms with Gasteiger partial charge in [-0.15, -0.1) is 13.2 Å². The summed E-state index contributed by atoms with van der Waals surface area (Å²) >= 11 is 0. The summed E-state index contributed by atoms with van der Waals surface area (Å²) in [7, 11) is 0. The van der Waals surface area contributed by atoms with Crippen molar-refractivity contribution in [2.75, 3.05) is 13.1 Å². The molecule has 0 unspecified atom stereocenters. The van der Waals surface area contributed by atoms with Crippen molar-refractivity contribution in [2.45, 2.75) is 19.2 Å². The van der Waals surface area contributed by atoms with Crippen molar-refractivity contribution in [1.82, 2.24) is 19.3 Å². The van der Waals surface area contributed by atoms with Crippen molar-refractivity contribution < 1.29 is 31.5 Å². The van der Waals surface area contributed by atoms with Gasteiger partial charge in [0.05, 0.1) is 6.20 Å². The molecule has 0 atom stereocenters. The van der Waals surface area contributed by atoms with E-state index in [0.29, 0.717) is 25.1 Å². The lowest BCUT2D eigenvalue weighted by atomic mass is 9.91. The number of alkyl halides is 5. The summed E-state index contributed by atoms with van der Waals surface area (Å²) in [5.41, 5.74) is -0.0347. The third-order valence-corrected chi connectivity index (χ3v) is 4.77. The van der Waals surface area contributed by atoms with Gasteiger partial charge in [-0.05, 0) is 30.0 Å². The van der Waals surface area contributed by atoms with Gasteiger partial charge in [-0.25, -0.2) is 13.8 Å². The molecule has 1 aliphatic rings. The van der Waals surface area contributed by atoms with E-state index < -0.39 is 24.4 Å². The Morgan fingerprint density at radius 1 is 1.27 bits per heavy atom. The Labute approximate surface area is 166 Å². The maximum Gasteiger partial charge on any atom is 0.573 e. The molecule has 1 fully saturated rings. The fourth-order valence-corrected chi connectivity index (χ4v) is 3.51. The Balaban J connectivity index is 1.44. The number of carbonyl (C=O) groups is 1. The molecule has 0 N–H and O–H groups in total. The van der Waals surface area contributed by atoms with Crippen LogP contribution >= 0.6 is 0 Å². The Bertz CT molecular complexity index is 1080. The van der Waals surface area contributed by atoms with Gasteiger partial charge in [0.15, 0.2) is 5.65 Å². The first-order chi connectivity index (χ1) is 14.2. The van der Waals surface area contributed by atoms with E-state index in [9.17, 15) is 26.7 Å². The Hall–Kier alpha value is -3.24. The molecule has 1 aliphatic heterocycles. The number of halogens is 5. The number of imidazole rings is 1. The van der Waals surface area contributed by atoms with Crippen molar-refractivity contribution in [2.24, 2.45) is 5.92 Å². The zero-order valence-corrected chi connectivity index (χ0v) is 15.3. The van der Waals surface area contributed by atoms with Crippen LogP contribution in [0.3, 0.4) is 0 Å². The standard InChI is InChI=1S/C19H15F5N4O2/c20-17(21)15-16(28-5-4-25-8-14(28)26-15)18(29)27-9-12(10-27)6-11-2-1-3-13(7-11)30-19(22,23)24/h1-5,7-8,12,17H,6,9-10H2. The van der Waals surface area contributed by atoms with E-state index >= 15 is 0 Å². The van der Waals surface area contributed by atoms with Crippen LogP contribution in [0.15, 0.2) is 42.9 Å². The molecule has 0 spiro atoms. The van der Waals surface area contributed by atoms with Crippen LogP contribution in [0.5, 0.6) is 5.75 Å². The number of ether oxygens (including phenoxy) is 1. The number of hydrogen-bond acceptors (Lipinski definition) is 4. The molecule has 2 aromatic heterocycles. The van der Waals surface area contributed by atoms with Crippen LogP contribution in [0.1, 0.15) is 28.2 Å². The van der Waals surface area contributed by atoms with Crippen LogP contribution in [-0.4, -0.2) is 44.6 Å². The van der Waals surface area contributed by atoms with Gasteiger partial charge in [0, 0.05) is 25.5 Å². The molecular formula is C19H15F5N4O2. The monoisotopic (exact) mass is 426 g/mol. The van der Waals surface area contributed by atoms with E-state index in [1.807, 2.05) is 0 Å². The van der Waals surface area contributed by atoms with Gasteiger partial charge in [0.2, 0.25) is 0 Å². The van der Waals surface area contributed by atoms with E-state index in [0.717, 1.165) is 0 Å². The minimum absolute atomic E-state index is 0.00839. The maximum absolute atomic E-state index is 13.4. The first-order valence-electron chi connectivity index (χ1n) is 8.95. The summed E-state index contributed by atoms with van der Waals surface area (Å²) in [6.45, 7) is 0.592. The number of aromatic nitrogens is 3. The quantitative estimate of drug-likeness (QED) is 0.581. The Morgan fingerprint density at radius 3 is 2.73 bits per heavy atom. The summed E-state index contributed by atoms with van der Waals surface area (Å²) < 4.78 is 69.0. The average Bonchev–Trinajstić information content (AvgIpc) is 3.03. The van der Waals surface area contributed by atoms with Crippen LogP contribution in [0.25, 0.3) is 5.65 Å². The molecule has 0 aliphatic carbocycles. The summed E-state index contributed by atoms with van der Waals surface area (Å²) in [5.74, 6) is -0.895. The zero-order valence-electron chi connectivity index (χ0n) is 15.3. The number of benzene rings is 1. The maximum atomic E-state index is 13.4. The van der Waals surface area contributed by atoms with Gasteiger partial charge in [-0.2, -0.15) is 0 Å². The van der Waals surface area contributed by atoms with Gasteiger partial charge in [0.1, 0.15) is 17.1 Å². The predicted octanol–water partition coefficient (Wildman–Crippen LogP) is 3.88. The molecule has 4 rings (SSSR count). The fourth-order valence-electron chi connectivity index (χ4n) is 3.51. The number of nitrogens with zero attached hydrogens (tertiary/aromatic N) is 4.